The van der Waals surface area contributed by atoms with Gasteiger partial charge in [0.05, 0.1) is 0 Å². The molecule has 0 aromatic heterocycles. The molecule has 2 aromatic carbocycles. The number of aryl methyl sites for hydroxylation is 1. The van der Waals surface area contributed by atoms with Crippen molar-refractivity contribution >= 4 is 17.2 Å². The van der Waals surface area contributed by atoms with E-state index in [1.54, 1.807) is 24.3 Å². The van der Waals surface area contributed by atoms with Gasteiger partial charge in [0, 0.05) is 29.5 Å². The van der Waals surface area contributed by atoms with Crippen LogP contribution < -0.4 is 11.1 Å². The van der Waals surface area contributed by atoms with Crippen molar-refractivity contribution in [1.29, 1.82) is 0 Å². The van der Waals surface area contributed by atoms with E-state index in [1.807, 2.05) is 25.2 Å². The molecule has 0 unspecified atom stereocenters. The number of hydrogen-bond acceptors (Lipinski definition) is 3. The molecular formula is C16H18N2O. The number of anilines is 2. The van der Waals surface area contributed by atoms with E-state index in [-0.39, 0.29) is 5.78 Å². The van der Waals surface area contributed by atoms with Crippen LogP contribution >= 0.6 is 0 Å². The second-order valence-electron chi connectivity index (χ2n) is 4.43. The fraction of sp³-hybridized carbons (Fsp3) is 0.188. The minimum atomic E-state index is 0.0131. The molecule has 19 heavy (non-hydrogen) atoms. The molecule has 2 rings (SSSR count). The number of rotatable bonds is 4. The molecule has 3 heteroatoms. The topological polar surface area (TPSA) is 55.1 Å². The van der Waals surface area contributed by atoms with Crippen LogP contribution in [0.4, 0.5) is 11.4 Å². The van der Waals surface area contributed by atoms with Crippen LogP contribution in [0, 0.1) is 0 Å². The average Bonchev–Trinajstić information content (AvgIpc) is 2.46. The summed E-state index contributed by atoms with van der Waals surface area (Å²) < 4.78 is 0. The van der Waals surface area contributed by atoms with E-state index in [0.29, 0.717) is 16.8 Å². The third-order valence-electron chi connectivity index (χ3n) is 3.20. The Morgan fingerprint density at radius 2 is 1.74 bits per heavy atom. The molecule has 2 aromatic rings. The fourth-order valence-electron chi connectivity index (χ4n) is 2.06. The van der Waals surface area contributed by atoms with Crippen molar-refractivity contribution in [2.45, 2.75) is 13.3 Å². The first-order valence-corrected chi connectivity index (χ1v) is 6.36. The number of carbonyl (C=O) groups excluding carboxylic acids is 1. The molecule has 3 nitrogen and oxygen atoms in total. The largest absolute Gasteiger partial charge is 0.399 e. The first-order valence-electron chi connectivity index (χ1n) is 6.36. The van der Waals surface area contributed by atoms with E-state index in [9.17, 15) is 4.79 Å². The van der Waals surface area contributed by atoms with E-state index in [1.165, 1.54) is 5.56 Å². The zero-order chi connectivity index (χ0) is 13.8. The van der Waals surface area contributed by atoms with Gasteiger partial charge in [-0.15, -0.1) is 0 Å². The van der Waals surface area contributed by atoms with E-state index >= 15 is 0 Å². The van der Waals surface area contributed by atoms with Crippen LogP contribution in [0.5, 0.6) is 0 Å². The Bertz CT molecular complexity index is 588. The van der Waals surface area contributed by atoms with Crippen LogP contribution in [-0.2, 0) is 6.42 Å². The monoisotopic (exact) mass is 254 g/mol. The van der Waals surface area contributed by atoms with Gasteiger partial charge in [-0.1, -0.05) is 19.1 Å². The second-order valence-corrected chi connectivity index (χ2v) is 4.43. The van der Waals surface area contributed by atoms with Gasteiger partial charge in [-0.3, -0.25) is 4.79 Å². The second kappa shape index (κ2) is 5.57. The van der Waals surface area contributed by atoms with Crippen LogP contribution in [0.15, 0.2) is 42.5 Å². The molecule has 0 aliphatic carbocycles. The Kier molecular flexibility index (Phi) is 3.85. The summed E-state index contributed by atoms with van der Waals surface area (Å²) in [6.45, 7) is 2.09. The fourth-order valence-corrected chi connectivity index (χ4v) is 2.06. The molecule has 0 fully saturated rings. The van der Waals surface area contributed by atoms with Crippen LogP contribution in [0.25, 0.3) is 0 Å². The van der Waals surface area contributed by atoms with Crippen molar-refractivity contribution in [1.82, 2.24) is 0 Å². The number of nitrogens with one attached hydrogen (secondary N) is 1. The normalized spacial score (nSPS) is 10.2. The molecule has 0 amide bonds. The van der Waals surface area contributed by atoms with Crippen molar-refractivity contribution in [3.8, 4) is 0 Å². The Morgan fingerprint density at radius 3 is 2.32 bits per heavy atom. The van der Waals surface area contributed by atoms with Gasteiger partial charge < -0.3 is 11.1 Å². The third-order valence-corrected chi connectivity index (χ3v) is 3.20. The molecule has 0 bridgehead atoms. The molecule has 0 aliphatic heterocycles. The zero-order valence-corrected chi connectivity index (χ0v) is 11.2. The van der Waals surface area contributed by atoms with Gasteiger partial charge in [0.25, 0.3) is 0 Å². The lowest BCUT2D eigenvalue weighted by Crippen LogP contribution is -2.04. The number of ketones is 1. The minimum absolute atomic E-state index is 0.0131. The summed E-state index contributed by atoms with van der Waals surface area (Å²) in [7, 11) is 1.87. The minimum Gasteiger partial charge on any atom is -0.399 e. The summed E-state index contributed by atoms with van der Waals surface area (Å²) in [5.41, 5.74) is 9.84. The Labute approximate surface area is 113 Å². The highest BCUT2D eigenvalue weighted by Gasteiger charge is 2.10. The van der Waals surface area contributed by atoms with Crippen molar-refractivity contribution in [3.63, 3.8) is 0 Å². The van der Waals surface area contributed by atoms with E-state index in [2.05, 4.69) is 12.2 Å². The lowest BCUT2D eigenvalue weighted by molar-refractivity contribution is 0.103. The first-order chi connectivity index (χ1) is 9.15. The number of nitrogen functional groups attached to an aromatic ring is 1. The summed E-state index contributed by atoms with van der Waals surface area (Å²) in [5.74, 6) is 0.0131. The zero-order valence-electron chi connectivity index (χ0n) is 11.2. The molecule has 0 saturated heterocycles. The SMILES string of the molecule is CCc1ccc(C(=O)c2ccc(N)cc2)cc1NC. The van der Waals surface area contributed by atoms with Crippen LogP contribution in [0.2, 0.25) is 0 Å². The van der Waals surface area contributed by atoms with Gasteiger partial charge in [-0.25, -0.2) is 0 Å². The number of carbonyl (C=O) groups is 1. The molecule has 0 saturated carbocycles. The highest BCUT2D eigenvalue weighted by atomic mass is 16.1. The standard InChI is InChI=1S/C16H18N2O/c1-3-11-4-5-13(10-15(11)18-2)16(19)12-6-8-14(17)9-7-12/h4-10,18H,3,17H2,1-2H3. The Morgan fingerprint density at radius 1 is 1.11 bits per heavy atom. The number of nitrogens with two attached hydrogens (primary N) is 1. The predicted octanol–water partition coefficient (Wildman–Crippen LogP) is 3.10. The van der Waals surface area contributed by atoms with Crippen LogP contribution in [0.3, 0.4) is 0 Å². The molecule has 98 valence electrons. The molecular weight excluding hydrogens is 236 g/mol. The summed E-state index contributed by atoms with van der Waals surface area (Å²) in [6.07, 6.45) is 0.937. The van der Waals surface area contributed by atoms with Gasteiger partial charge >= 0.3 is 0 Å². The van der Waals surface area contributed by atoms with Crippen molar-refractivity contribution in [3.05, 3.63) is 59.2 Å². The maximum Gasteiger partial charge on any atom is 0.193 e. The van der Waals surface area contributed by atoms with E-state index < -0.39 is 0 Å². The lowest BCUT2D eigenvalue weighted by Gasteiger charge is -2.09. The van der Waals surface area contributed by atoms with Gasteiger partial charge in [0.1, 0.15) is 0 Å². The predicted molar refractivity (Wildman–Crippen MR) is 79.7 cm³/mol. The Hall–Kier alpha value is -2.29. The summed E-state index contributed by atoms with van der Waals surface area (Å²) in [5, 5.41) is 3.13. The van der Waals surface area contributed by atoms with Crippen molar-refractivity contribution in [2.75, 3.05) is 18.1 Å². The summed E-state index contributed by atoms with van der Waals surface area (Å²) in [4.78, 5) is 12.4. The Balaban J connectivity index is 2.36. The maximum atomic E-state index is 12.4. The van der Waals surface area contributed by atoms with Gasteiger partial charge in [0.15, 0.2) is 5.78 Å². The van der Waals surface area contributed by atoms with Crippen LogP contribution in [0.1, 0.15) is 28.4 Å². The van der Waals surface area contributed by atoms with E-state index in [0.717, 1.165) is 12.1 Å². The molecule has 0 heterocycles. The van der Waals surface area contributed by atoms with Crippen molar-refractivity contribution < 1.29 is 4.79 Å². The summed E-state index contributed by atoms with van der Waals surface area (Å²) >= 11 is 0. The highest BCUT2D eigenvalue weighted by molar-refractivity contribution is 6.09. The third kappa shape index (κ3) is 2.76. The van der Waals surface area contributed by atoms with Gasteiger partial charge in [-0.05, 0) is 42.3 Å². The number of hydrogen-bond donors (Lipinski definition) is 2. The summed E-state index contributed by atoms with van der Waals surface area (Å²) in [6, 6.07) is 12.8. The molecule has 0 spiro atoms. The molecule has 0 atom stereocenters. The van der Waals surface area contributed by atoms with Crippen LogP contribution in [-0.4, -0.2) is 12.8 Å². The number of benzene rings is 2. The maximum absolute atomic E-state index is 12.4. The van der Waals surface area contributed by atoms with Gasteiger partial charge in [0.2, 0.25) is 0 Å². The average molecular weight is 254 g/mol. The van der Waals surface area contributed by atoms with Crippen molar-refractivity contribution in [2.24, 2.45) is 0 Å². The highest BCUT2D eigenvalue weighted by Crippen LogP contribution is 2.20. The first kappa shape index (κ1) is 13.1. The van der Waals surface area contributed by atoms with Gasteiger partial charge in [-0.2, -0.15) is 0 Å². The smallest absolute Gasteiger partial charge is 0.193 e. The molecule has 0 radical (unpaired) electrons. The van der Waals surface area contributed by atoms with E-state index in [4.69, 9.17) is 5.73 Å². The molecule has 3 N–H and O–H groups in total. The quantitative estimate of drug-likeness (QED) is 0.651. The lowest BCUT2D eigenvalue weighted by atomic mass is 10.00. The molecule has 0 aliphatic rings.